The van der Waals surface area contributed by atoms with Gasteiger partial charge in [0.25, 0.3) is 0 Å². The summed E-state index contributed by atoms with van der Waals surface area (Å²) >= 11 is 0. The Morgan fingerprint density at radius 2 is 2.12 bits per heavy atom. The molecule has 0 amide bonds. The number of hydrogen-bond acceptors (Lipinski definition) is 4. The van der Waals surface area contributed by atoms with E-state index in [1.165, 1.54) is 0 Å². The molecule has 0 aliphatic carbocycles. The van der Waals surface area contributed by atoms with Gasteiger partial charge in [0, 0.05) is 12.3 Å². The Bertz CT molecular complexity index is 344. The Kier molecular flexibility index (Phi) is 4.32. The Hall–Kier alpha value is -0.620. The van der Waals surface area contributed by atoms with Crippen LogP contribution in [0, 0.1) is 5.41 Å². The summed E-state index contributed by atoms with van der Waals surface area (Å²) in [5.41, 5.74) is -0.874. The molecular weight excluding hydrogens is 230 g/mol. The van der Waals surface area contributed by atoms with Crippen molar-refractivity contribution in [1.82, 2.24) is 5.32 Å². The Labute approximate surface area is 96.1 Å². The second-order valence-corrected chi connectivity index (χ2v) is 6.72. The first-order valence-electron chi connectivity index (χ1n) is 5.56. The van der Waals surface area contributed by atoms with Gasteiger partial charge in [-0.2, -0.15) is 0 Å². The fourth-order valence-electron chi connectivity index (χ4n) is 2.01. The van der Waals surface area contributed by atoms with Gasteiger partial charge in [-0.25, -0.2) is 8.42 Å². The molecule has 0 radical (unpaired) electrons. The lowest BCUT2D eigenvalue weighted by molar-refractivity contribution is -0.147. The van der Waals surface area contributed by atoms with Gasteiger partial charge in [-0.3, -0.25) is 4.79 Å². The maximum absolute atomic E-state index is 11.5. The number of aliphatic carboxylic acids is 1. The van der Waals surface area contributed by atoms with E-state index in [-0.39, 0.29) is 17.9 Å². The molecule has 94 valence electrons. The van der Waals surface area contributed by atoms with Crippen LogP contribution in [0.15, 0.2) is 0 Å². The van der Waals surface area contributed by atoms with E-state index < -0.39 is 21.2 Å². The molecule has 0 bridgehead atoms. The summed E-state index contributed by atoms with van der Waals surface area (Å²) < 4.78 is 23.1. The molecular formula is C10H19NO4S. The fourth-order valence-corrected chi connectivity index (χ4v) is 3.54. The van der Waals surface area contributed by atoms with Crippen molar-refractivity contribution in [3.05, 3.63) is 0 Å². The summed E-state index contributed by atoms with van der Waals surface area (Å²) in [7, 11) is -3.08. The van der Waals surface area contributed by atoms with Crippen LogP contribution in [0.1, 0.15) is 26.2 Å². The van der Waals surface area contributed by atoms with Crippen molar-refractivity contribution in [3.8, 4) is 0 Å². The molecule has 1 unspecified atom stereocenters. The first-order valence-corrected chi connectivity index (χ1v) is 7.38. The van der Waals surface area contributed by atoms with Gasteiger partial charge in [-0.15, -0.1) is 0 Å². The molecule has 0 aromatic heterocycles. The zero-order valence-corrected chi connectivity index (χ0v) is 10.3. The largest absolute Gasteiger partial charge is 0.481 e. The van der Waals surface area contributed by atoms with E-state index in [0.29, 0.717) is 25.9 Å². The van der Waals surface area contributed by atoms with Crippen LogP contribution in [0.4, 0.5) is 0 Å². The minimum absolute atomic E-state index is 0.0190. The van der Waals surface area contributed by atoms with Gasteiger partial charge in [-0.05, 0) is 25.8 Å². The molecule has 5 nitrogen and oxygen atoms in total. The second-order valence-electron chi connectivity index (χ2n) is 4.41. The van der Waals surface area contributed by atoms with Crippen LogP contribution in [0.5, 0.6) is 0 Å². The van der Waals surface area contributed by atoms with E-state index in [1.807, 2.05) is 6.92 Å². The van der Waals surface area contributed by atoms with E-state index in [9.17, 15) is 13.2 Å². The number of carbonyl (C=O) groups is 1. The van der Waals surface area contributed by atoms with Gasteiger partial charge in [0.05, 0.1) is 11.2 Å². The lowest BCUT2D eigenvalue weighted by Gasteiger charge is -2.22. The summed E-state index contributed by atoms with van der Waals surface area (Å²) in [4.78, 5) is 11.2. The molecule has 6 heteroatoms. The zero-order valence-electron chi connectivity index (χ0n) is 9.53. The average Bonchev–Trinajstić information content (AvgIpc) is 2.64. The molecule has 0 saturated carbocycles. The lowest BCUT2D eigenvalue weighted by Crippen LogP contribution is -2.35. The third-order valence-electron chi connectivity index (χ3n) is 3.10. The smallest absolute Gasteiger partial charge is 0.311 e. The average molecular weight is 249 g/mol. The standard InChI is InChI=1S/C10H19NO4S/c1-2-6-16(14,15)7-4-10(9(12)13)3-5-11-8-10/h11H,2-8H2,1H3,(H,12,13). The van der Waals surface area contributed by atoms with Gasteiger partial charge in [0.2, 0.25) is 0 Å². The predicted octanol–water partition coefficient (Wildman–Crippen LogP) is 0.266. The molecule has 1 aliphatic heterocycles. The van der Waals surface area contributed by atoms with E-state index in [4.69, 9.17) is 5.11 Å². The van der Waals surface area contributed by atoms with Crippen molar-refractivity contribution < 1.29 is 18.3 Å². The summed E-state index contributed by atoms with van der Waals surface area (Å²) in [6, 6.07) is 0. The predicted molar refractivity (Wildman–Crippen MR) is 61.1 cm³/mol. The number of sulfone groups is 1. The second kappa shape index (κ2) is 5.14. The maximum Gasteiger partial charge on any atom is 0.311 e. The quantitative estimate of drug-likeness (QED) is 0.705. The number of rotatable bonds is 6. The molecule has 1 fully saturated rings. The molecule has 1 heterocycles. The molecule has 2 N–H and O–H groups in total. The topological polar surface area (TPSA) is 83.5 Å². The number of carboxylic acids is 1. The van der Waals surface area contributed by atoms with Gasteiger partial charge < -0.3 is 10.4 Å². The van der Waals surface area contributed by atoms with E-state index in [2.05, 4.69) is 5.32 Å². The van der Waals surface area contributed by atoms with Crippen LogP contribution < -0.4 is 5.32 Å². The van der Waals surface area contributed by atoms with Crippen molar-refractivity contribution in [1.29, 1.82) is 0 Å². The molecule has 16 heavy (non-hydrogen) atoms. The zero-order chi connectivity index (χ0) is 12.2. The minimum Gasteiger partial charge on any atom is -0.481 e. The van der Waals surface area contributed by atoms with Crippen LogP contribution in [0.3, 0.4) is 0 Å². The van der Waals surface area contributed by atoms with Crippen LogP contribution in [-0.2, 0) is 14.6 Å². The van der Waals surface area contributed by atoms with Gasteiger partial charge in [-0.1, -0.05) is 6.92 Å². The first-order chi connectivity index (χ1) is 7.42. The Balaban J connectivity index is 2.61. The molecule has 1 rings (SSSR count). The van der Waals surface area contributed by atoms with Crippen LogP contribution >= 0.6 is 0 Å². The van der Waals surface area contributed by atoms with Crippen molar-refractivity contribution in [2.24, 2.45) is 5.41 Å². The van der Waals surface area contributed by atoms with Crippen LogP contribution in [-0.4, -0.2) is 44.1 Å². The summed E-state index contributed by atoms with van der Waals surface area (Å²) in [5, 5.41) is 12.1. The summed E-state index contributed by atoms with van der Waals surface area (Å²) in [6.07, 6.45) is 1.32. The molecule has 0 aromatic rings. The Morgan fingerprint density at radius 1 is 1.44 bits per heavy atom. The van der Waals surface area contributed by atoms with Crippen molar-refractivity contribution >= 4 is 15.8 Å². The highest BCUT2D eigenvalue weighted by molar-refractivity contribution is 7.91. The number of nitrogens with one attached hydrogen (secondary N) is 1. The van der Waals surface area contributed by atoms with Gasteiger partial charge in [0.1, 0.15) is 9.84 Å². The van der Waals surface area contributed by atoms with Gasteiger partial charge >= 0.3 is 5.97 Å². The number of carboxylic acid groups (broad SMARTS) is 1. The van der Waals surface area contributed by atoms with E-state index in [1.54, 1.807) is 0 Å². The van der Waals surface area contributed by atoms with Crippen molar-refractivity contribution in [2.75, 3.05) is 24.6 Å². The summed E-state index contributed by atoms with van der Waals surface area (Å²) in [5.74, 6) is -0.755. The minimum atomic E-state index is -3.08. The lowest BCUT2D eigenvalue weighted by atomic mass is 9.84. The highest BCUT2D eigenvalue weighted by Crippen LogP contribution is 2.30. The van der Waals surface area contributed by atoms with E-state index >= 15 is 0 Å². The first kappa shape index (κ1) is 13.4. The third-order valence-corrected chi connectivity index (χ3v) is 4.96. The molecule has 0 spiro atoms. The van der Waals surface area contributed by atoms with Gasteiger partial charge in [0.15, 0.2) is 0 Å². The SMILES string of the molecule is CCCS(=O)(=O)CCC1(C(=O)O)CCNC1. The highest BCUT2D eigenvalue weighted by atomic mass is 32.2. The van der Waals surface area contributed by atoms with Crippen LogP contribution in [0.25, 0.3) is 0 Å². The Morgan fingerprint density at radius 3 is 2.56 bits per heavy atom. The number of hydrogen-bond donors (Lipinski definition) is 2. The normalized spacial score (nSPS) is 25.8. The molecule has 1 saturated heterocycles. The fraction of sp³-hybridized carbons (Fsp3) is 0.900. The van der Waals surface area contributed by atoms with Crippen LogP contribution in [0.2, 0.25) is 0 Å². The summed E-state index contributed by atoms with van der Waals surface area (Å²) in [6.45, 7) is 2.84. The maximum atomic E-state index is 11.5. The third kappa shape index (κ3) is 3.18. The van der Waals surface area contributed by atoms with Crippen molar-refractivity contribution in [2.45, 2.75) is 26.2 Å². The molecule has 1 atom stereocenters. The molecule has 1 aliphatic rings. The molecule has 0 aromatic carbocycles. The van der Waals surface area contributed by atoms with E-state index in [0.717, 1.165) is 0 Å². The monoisotopic (exact) mass is 249 g/mol. The highest BCUT2D eigenvalue weighted by Gasteiger charge is 2.41. The van der Waals surface area contributed by atoms with Crippen molar-refractivity contribution in [3.63, 3.8) is 0 Å².